The fourth-order valence-electron chi connectivity index (χ4n) is 1.37. The van der Waals surface area contributed by atoms with Crippen molar-refractivity contribution in [2.24, 2.45) is 0 Å². The first kappa shape index (κ1) is 14.1. The SMILES string of the molecule is Cl.ClCc1cncn1C(Cl)=Cc1ccccc1. The standard InChI is InChI=1S/C12H10Cl2N2.ClH/c13-7-11-8-15-9-16(11)12(14)6-10-4-2-1-3-5-10;/h1-6,8-9H,7H2;1H. The molecule has 0 fully saturated rings. The van der Waals surface area contributed by atoms with E-state index in [-0.39, 0.29) is 12.4 Å². The molecule has 0 atom stereocenters. The molecule has 0 saturated heterocycles. The minimum Gasteiger partial charge on any atom is -0.292 e. The van der Waals surface area contributed by atoms with E-state index in [2.05, 4.69) is 4.98 Å². The van der Waals surface area contributed by atoms with Gasteiger partial charge in [0.15, 0.2) is 0 Å². The largest absolute Gasteiger partial charge is 0.292 e. The van der Waals surface area contributed by atoms with Gasteiger partial charge >= 0.3 is 0 Å². The van der Waals surface area contributed by atoms with Gasteiger partial charge in [-0.15, -0.1) is 24.0 Å². The molecule has 17 heavy (non-hydrogen) atoms. The summed E-state index contributed by atoms with van der Waals surface area (Å²) in [6.07, 6.45) is 5.23. The van der Waals surface area contributed by atoms with Crippen LogP contribution < -0.4 is 0 Å². The van der Waals surface area contributed by atoms with Gasteiger partial charge in [0.05, 0.1) is 11.6 Å². The molecule has 1 aromatic heterocycles. The normalized spacial score (nSPS) is 11.1. The summed E-state index contributed by atoms with van der Waals surface area (Å²) in [4.78, 5) is 4.01. The molecule has 0 aliphatic rings. The van der Waals surface area contributed by atoms with Crippen LogP contribution in [0.3, 0.4) is 0 Å². The monoisotopic (exact) mass is 288 g/mol. The number of rotatable bonds is 3. The van der Waals surface area contributed by atoms with Gasteiger partial charge in [0.25, 0.3) is 0 Å². The molecule has 0 saturated carbocycles. The Hall–Kier alpha value is -0.960. The lowest BCUT2D eigenvalue weighted by Crippen LogP contribution is -1.94. The molecule has 0 bridgehead atoms. The zero-order chi connectivity index (χ0) is 11.4. The van der Waals surface area contributed by atoms with Crippen molar-refractivity contribution in [2.45, 2.75) is 5.88 Å². The van der Waals surface area contributed by atoms with Gasteiger partial charge in [0.2, 0.25) is 0 Å². The number of alkyl halides is 1. The van der Waals surface area contributed by atoms with E-state index in [4.69, 9.17) is 23.2 Å². The lowest BCUT2D eigenvalue weighted by Gasteiger charge is -2.03. The molecule has 0 N–H and O–H groups in total. The molecule has 1 heterocycles. The second-order valence-electron chi connectivity index (χ2n) is 3.27. The van der Waals surface area contributed by atoms with Gasteiger partial charge in [-0.25, -0.2) is 4.98 Å². The summed E-state index contributed by atoms with van der Waals surface area (Å²) in [5.41, 5.74) is 1.92. The highest BCUT2D eigenvalue weighted by molar-refractivity contribution is 6.47. The predicted octanol–water partition coefficient (Wildman–Crippen LogP) is 4.24. The van der Waals surface area contributed by atoms with Crippen LogP contribution in [0.25, 0.3) is 11.2 Å². The van der Waals surface area contributed by atoms with Gasteiger partial charge in [-0.1, -0.05) is 41.9 Å². The van der Waals surface area contributed by atoms with Gasteiger partial charge in [0, 0.05) is 6.20 Å². The third-order valence-corrected chi connectivity index (χ3v) is 2.73. The number of benzene rings is 1. The van der Waals surface area contributed by atoms with E-state index in [9.17, 15) is 0 Å². The van der Waals surface area contributed by atoms with E-state index in [1.807, 2.05) is 36.4 Å². The van der Waals surface area contributed by atoms with Crippen molar-refractivity contribution in [3.8, 4) is 0 Å². The van der Waals surface area contributed by atoms with Gasteiger partial charge < -0.3 is 0 Å². The van der Waals surface area contributed by atoms with Crippen LogP contribution in [0.5, 0.6) is 0 Å². The first-order chi connectivity index (χ1) is 7.81. The number of nitrogens with zero attached hydrogens (tertiary/aromatic N) is 2. The van der Waals surface area contributed by atoms with Crippen LogP contribution >= 0.6 is 35.6 Å². The molecule has 5 heteroatoms. The summed E-state index contributed by atoms with van der Waals surface area (Å²) in [6, 6.07) is 9.87. The minimum atomic E-state index is 0. The summed E-state index contributed by atoms with van der Waals surface area (Å²) >= 11 is 12.0. The fraction of sp³-hybridized carbons (Fsp3) is 0.0833. The number of hydrogen-bond acceptors (Lipinski definition) is 1. The Kier molecular flexibility index (Phi) is 5.56. The molecule has 90 valence electrons. The van der Waals surface area contributed by atoms with Crippen LogP contribution in [-0.4, -0.2) is 9.55 Å². The van der Waals surface area contributed by atoms with Crippen molar-refractivity contribution in [3.05, 3.63) is 54.1 Å². The van der Waals surface area contributed by atoms with Crippen molar-refractivity contribution in [3.63, 3.8) is 0 Å². The van der Waals surface area contributed by atoms with E-state index < -0.39 is 0 Å². The van der Waals surface area contributed by atoms with E-state index in [0.717, 1.165) is 11.3 Å². The Bertz CT molecular complexity index is 491. The van der Waals surface area contributed by atoms with E-state index in [0.29, 0.717) is 11.0 Å². The van der Waals surface area contributed by atoms with Crippen LogP contribution in [0.2, 0.25) is 0 Å². The van der Waals surface area contributed by atoms with Gasteiger partial charge in [-0.05, 0) is 11.6 Å². The highest BCUT2D eigenvalue weighted by Crippen LogP contribution is 2.18. The summed E-state index contributed by atoms with van der Waals surface area (Å²) in [6.45, 7) is 0. The number of halogens is 3. The second-order valence-corrected chi connectivity index (χ2v) is 3.92. The number of imidazole rings is 1. The summed E-state index contributed by atoms with van der Waals surface area (Å²) in [5, 5.41) is 0.583. The second kappa shape index (κ2) is 6.70. The lowest BCUT2D eigenvalue weighted by atomic mass is 10.2. The zero-order valence-corrected chi connectivity index (χ0v) is 11.2. The molecule has 0 spiro atoms. The van der Waals surface area contributed by atoms with Crippen molar-refractivity contribution < 1.29 is 0 Å². The molecular formula is C12H11Cl3N2. The maximum atomic E-state index is 6.19. The average molecular weight is 290 g/mol. The molecular weight excluding hydrogens is 279 g/mol. The summed E-state index contributed by atoms with van der Waals surface area (Å²) in [7, 11) is 0. The van der Waals surface area contributed by atoms with Gasteiger partial charge in [0.1, 0.15) is 11.5 Å². The van der Waals surface area contributed by atoms with E-state index in [1.165, 1.54) is 0 Å². The average Bonchev–Trinajstić information content (AvgIpc) is 2.78. The fourth-order valence-corrected chi connectivity index (χ4v) is 1.85. The lowest BCUT2D eigenvalue weighted by molar-refractivity contribution is 1.05. The van der Waals surface area contributed by atoms with Crippen LogP contribution in [0.4, 0.5) is 0 Å². The maximum absolute atomic E-state index is 6.19. The first-order valence-electron chi connectivity index (χ1n) is 4.81. The molecule has 2 nitrogen and oxygen atoms in total. The maximum Gasteiger partial charge on any atom is 0.115 e. The third-order valence-electron chi connectivity index (χ3n) is 2.17. The number of hydrogen-bond donors (Lipinski definition) is 0. The van der Waals surface area contributed by atoms with Gasteiger partial charge in [-0.3, -0.25) is 4.57 Å². The zero-order valence-electron chi connectivity index (χ0n) is 8.88. The Balaban J connectivity index is 0.00000144. The molecule has 2 rings (SSSR count). The Labute approximate surface area is 116 Å². The smallest absolute Gasteiger partial charge is 0.115 e. The van der Waals surface area contributed by atoms with Crippen molar-refractivity contribution in [1.29, 1.82) is 0 Å². The van der Waals surface area contributed by atoms with Crippen molar-refractivity contribution in [1.82, 2.24) is 9.55 Å². The highest BCUT2D eigenvalue weighted by atomic mass is 35.5. The van der Waals surface area contributed by atoms with Crippen molar-refractivity contribution in [2.75, 3.05) is 0 Å². The third kappa shape index (κ3) is 3.50. The van der Waals surface area contributed by atoms with E-state index in [1.54, 1.807) is 17.1 Å². The molecule has 2 aromatic rings. The van der Waals surface area contributed by atoms with Crippen LogP contribution in [0.15, 0.2) is 42.9 Å². The molecule has 0 unspecified atom stereocenters. The van der Waals surface area contributed by atoms with Crippen LogP contribution in [0, 0.1) is 0 Å². The Morgan fingerprint density at radius 3 is 2.65 bits per heavy atom. The molecule has 0 aliphatic heterocycles. The summed E-state index contributed by atoms with van der Waals surface area (Å²) < 4.78 is 1.77. The molecule has 1 aromatic carbocycles. The topological polar surface area (TPSA) is 17.8 Å². The van der Waals surface area contributed by atoms with E-state index >= 15 is 0 Å². The van der Waals surface area contributed by atoms with Gasteiger partial charge in [-0.2, -0.15) is 0 Å². The molecule has 0 amide bonds. The highest BCUT2D eigenvalue weighted by Gasteiger charge is 2.03. The Morgan fingerprint density at radius 1 is 1.29 bits per heavy atom. The summed E-state index contributed by atoms with van der Waals surface area (Å²) in [5.74, 6) is 0.388. The quantitative estimate of drug-likeness (QED) is 0.773. The molecule has 0 radical (unpaired) electrons. The van der Waals surface area contributed by atoms with Crippen LogP contribution in [0.1, 0.15) is 11.3 Å². The first-order valence-corrected chi connectivity index (χ1v) is 5.72. The minimum absolute atomic E-state index is 0. The van der Waals surface area contributed by atoms with Crippen LogP contribution in [-0.2, 0) is 5.88 Å². The predicted molar refractivity (Wildman–Crippen MR) is 75.5 cm³/mol. The molecule has 0 aliphatic carbocycles. The van der Waals surface area contributed by atoms with Crippen molar-refractivity contribution >= 4 is 46.8 Å². The number of aromatic nitrogens is 2. The Morgan fingerprint density at radius 2 is 2.00 bits per heavy atom.